The van der Waals surface area contributed by atoms with Gasteiger partial charge in [-0.25, -0.2) is 0 Å². The summed E-state index contributed by atoms with van der Waals surface area (Å²) in [6.45, 7) is 0. The van der Waals surface area contributed by atoms with E-state index in [9.17, 15) is 10.1 Å². The van der Waals surface area contributed by atoms with Crippen molar-refractivity contribution in [1.82, 2.24) is 4.90 Å². The van der Waals surface area contributed by atoms with Crippen molar-refractivity contribution < 1.29 is 9.50 Å². The Balaban J connectivity index is 2.97. The number of nitro benzene ring substituents is 1. The number of nitro groups is 1. The molecule has 1 aromatic carbocycles. The largest absolute Gasteiger partial charge is 0.392 e. The quantitative estimate of drug-likeness (QED) is 0.214. The molecule has 0 unspecified atom stereocenters. The lowest BCUT2D eigenvalue weighted by atomic mass is 10.1. The minimum Gasteiger partial charge on any atom is -0.345 e. The van der Waals surface area contributed by atoms with Crippen molar-refractivity contribution in [1.29, 1.82) is 0 Å². The zero-order valence-electron chi connectivity index (χ0n) is 12.0. The van der Waals surface area contributed by atoms with E-state index in [1.807, 2.05) is 33.1 Å². The molecule has 0 bridgehead atoms. The van der Waals surface area contributed by atoms with Gasteiger partial charge in [-0.3, -0.25) is 14.7 Å². The number of non-ortho nitro benzene ring substituents is 1. The molecular formula is C13H18ClN4O2+. The van der Waals surface area contributed by atoms with Crippen molar-refractivity contribution in [2.75, 3.05) is 28.2 Å². The standard InChI is InChI=1S/C13H18ClN4O2/c1-16(2)12(15-13(14)17(3)4)9-10-5-7-11(8-6-10)18(19)20/h5-8H,9H2,1-4H3/q+1. The Kier molecular flexibility index (Phi) is 5.64. The highest BCUT2D eigenvalue weighted by Crippen LogP contribution is 2.13. The smallest absolute Gasteiger partial charge is 0.345 e. The Morgan fingerprint density at radius 3 is 2.25 bits per heavy atom. The molecule has 0 saturated carbocycles. The summed E-state index contributed by atoms with van der Waals surface area (Å²) in [5, 5.41) is 11.0. The second-order valence-corrected chi connectivity index (χ2v) is 5.02. The van der Waals surface area contributed by atoms with Crippen LogP contribution in [0.15, 0.2) is 29.3 Å². The second-order valence-electron chi connectivity index (χ2n) is 4.69. The molecule has 0 aromatic heterocycles. The van der Waals surface area contributed by atoms with E-state index >= 15 is 0 Å². The molecule has 1 aromatic rings. The summed E-state index contributed by atoms with van der Waals surface area (Å²) < 4.78 is 1.71. The molecule has 0 aliphatic rings. The number of halogens is 1. The van der Waals surface area contributed by atoms with Gasteiger partial charge < -0.3 is 4.90 Å². The number of nitrogens with zero attached hydrogens (tertiary/aromatic N) is 4. The highest BCUT2D eigenvalue weighted by atomic mass is 35.5. The maximum Gasteiger partial charge on any atom is 0.392 e. The first-order chi connectivity index (χ1) is 9.31. The van der Waals surface area contributed by atoms with Crippen LogP contribution in [-0.2, 0) is 6.42 Å². The summed E-state index contributed by atoms with van der Waals surface area (Å²) in [4.78, 5) is 16.4. The number of aliphatic imine (C=N–C) groups is 1. The SMILES string of the molecule is CN(C)/C(Cc1ccc([N+](=O)[O-])cc1)=N/C(Cl)=[N+](C)C. The van der Waals surface area contributed by atoms with Crippen molar-refractivity contribution in [3.63, 3.8) is 0 Å². The summed E-state index contributed by atoms with van der Waals surface area (Å²) in [5.74, 6) is 0.776. The van der Waals surface area contributed by atoms with Crippen molar-refractivity contribution >= 4 is 28.4 Å². The normalized spacial score (nSPS) is 11.2. The fourth-order valence-corrected chi connectivity index (χ4v) is 1.52. The molecular weight excluding hydrogens is 280 g/mol. The van der Waals surface area contributed by atoms with Crippen LogP contribution in [0, 0.1) is 10.1 Å². The topological polar surface area (TPSA) is 61.7 Å². The first kappa shape index (κ1) is 16.1. The van der Waals surface area contributed by atoms with Crippen LogP contribution in [0.4, 0.5) is 5.69 Å². The predicted molar refractivity (Wildman–Crippen MR) is 80.9 cm³/mol. The van der Waals surface area contributed by atoms with Crippen LogP contribution in [0.2, 0.25) is 0 Å². The van der Waals surface area contributed by atoms with Gasteiger partial charge in [0.2, 0.25) is 5.84 Å². The third-order valence-electron chi connectivity index (χ3n) is 2.62. The zero-order valence-corrected chi connectivity index (χ0v) is 12.8. The second kappa shape index (κ2) is 7.00. The average Bonchev–Trinajstić information content (AvgIpc) is 2.38. The molecule has 6 nitrogen and oxygen atoms in total. The van der Waals surface area contributed by atoms with Gasteiger partial charge in [-0.05, 0) is 10.6 Å². The summed E-state index contributed by atoms with van der Waals surface area (Å²) in [6.07, 6.45) is 0.551. The number of benzene rings is 1. The summed E-state index contributed by atoms with van der Waals surface area (Å²) in [6, 6.07) is 6.42. The van der Waals surface area contributed by atoms with Crippen LogP contribution in [0.1, 0.15) is 5.56 Å². The highest BCUT2D eigenvalue weighted by molar-refractivity contribution is 6.64. The minimum absolute atomic E-state index is 0.0787. The number of rotatable bonds is 3. The Labute approximate surface area is 123 Å². The Morgan fingerprint density at radius 2 is 1.85 bits per heavy atom. The van der Waals surface area contributed by atoms with Gasteiger partial charge in [0.1, 0.15) is 0 Å². The molecule has 0 atom stereocenters. The molecule has 0 radical (unpaired) electrons. The lowest BCUT2D eigenvalue weighted by Crippen LogP contribution is -2.25. The predicted octanol–water partition coefficient (Wildman–Crippen LogP) is 1.96. The van der Waals surface area contributed by atoms with Gasteiger partial charge >= 0.3 is 5.29 Å². The van der Waals surface area contributed by atoms with Gasteiger partial charge in [0.05, 0.1) is 25.4 Å². The van der Waals surface area contributed by atoms with E-state index in [0.717, 1.165) is 11.4 Å². The molecule has 108 valence electrons. The molecule has 1 rings (SSSR count). The van der Waals surface area contributed by atoms with E-state index in [4.69, 9.17) is 11.6 Å². The number of likely N-dealkylation sites (N-methyl/N-ethyl adjacent to an activating group) is 1. The number of amidine groups is 2. The van der Waals surface area contributed by atoms with Crippen LogP contribution in [0.25, 0.3) is 0 Å². The van der Waals surface area contributed by atoms with Crippen LogP contribution in [0.3, 0.4) is 0 Å². The van der Waals surface area contributed by atoms with Gasteiger partial charge in [0.25, 0.3) is 5.69 Å². The van der Waals surface area contributed by atoms with Crippen LogP contribution >= 0.6 is 11.6 Å². The summed E-state index contributed by atoms with van der Waals surface area (Å²) in [5.41, 5.74) is 1.02. The maximum absolute atomic E-state index is 10.6. The monoisotopic (exact) mass is 297 g/mol. The molecule has 0 saturated heterocycles. The molecule has 7 heteroatoms. The molecule has 0 aliphatic carbocycles. The van der Waals surface area contributed by atoms with Crippen LogP contribution in [0.5, 0.6) is 0 Å². The maximum atomic E-state index is 10.6. The molecule has 20 heavy (non-hydrogen) atoms. The summed E-state index contributed by atoms with van der Waals surface area (Å²) in [7, 11) is 7.38. The third kappa shape index (κ3) is 4.62. The number of hydrogen-bond acceptors (Lipinski definition) is 2. The molecule has 0 N–H and O–H groups in total. The van der Waals surface area contributed by atoms with Gasteiger partial charge in [-0.1, -0.05) is 12.1 Å². The van der Waals surface area contributed by atoms with E-state index in [-0.39, 0.29) is 5.69 Å². The number of hydrogen-bond donors (Lipinski definition) is 0. The fraction of sp³-hybridized carbons (Fsp3) is 0.385. The first-order valence-corrected chi connectivity index (χ1v) is 6.37. The average molecular weight is 298 g/mol. The van der Waals surface area contributed by atoms with E-state index < -0.39 is 4.92 Å². The Hall–Kier alpha value is -1.95. The van der Waals surface area contributed by atoms with E-state index in [1.165, 1.54) is 12.1 Å². The Bertz CT molecular complexity index is 546. The van der Waals surface area contributed by atoms with Crippen molar-refractivity contribution in [2.45, 2.75) is 6.42 Å². The third-order valence-corrected chi connectivity index (χ3v) is 3.04. The Morgan fingerprint density at radius 1 is 1.30 bits per heavy atom. The lowest BCUT2D eigenvalue weighted by molar-refractivity contribution is -0.462. The molecule has 0 spiro atoms. The van der Waals surface area contributed by atoms with Gasteiger partial charge in [0, 0.05) is 37.8 Å². The highest BCUT2D eigenvalue weighted by Gasteiger charge is 2.14. The molecule has 0 amide bonds. The molecule has 0 fully saturated rings. The van der Waals surface area contributed by atoms with Gasteiger partial charge in [-0.15, -0.1) is 0 Å². The van der Waals surface area contributed by atoms with Crippen LogP contribution < -0.4 is 0 Å². The molecule has 0 heterocycles. The molecule has 0 aliphatic heterocycles. The van der Waals surface area contributed by atoms with E-state index in [1.54, 1.807) is 16.7 Å². The first-order valence-electron chi connectivity index (χ1n) is 5.99. The van der Waals surface area contributed by atoms with Gasteiger partial charge in [0.15, 0.2) is 0 Å². The van der Waals surface area contributed by atoms with E-state index in [2.05, 4.69) is 4.99 Å². The van der Waals surface area contributed by atoms with E-state index in [0.29, 0.717) is 11.7 Å². The van der Waals surface area contributed by atoms with Gasteiger partial charge in [-0.2, -0.15) is 0 Å². The minimum atomic E-state index is -0.415. The fourth-order valence-electron chi connectivity index (χ4n) is 1.42. The van der Waals surface area contributed by atoms with Crippen molar-refractivity contribution in [3.8, 4) is 0 Å². The van der Waals surface area contributed by atoms with Crippen molar-refractivity contribution in [3.05, 3.63) is 39.9 Å². The lowest BCUT2D eigenvalue weighted by Gasteiger charge is -2.10. The van der Waals surface area contributed by atoms with Crippen LogP contribution in [-0.4, -0.2) is 53.7 Å². The zero-order chi connectivity index (χ0) is 15.3. The summed E-state index contributed by atoms with van der Waals surface area (Å²) >= 11 is 6.03. The van der Waals surface area contributed by atoms with Crippen molar-refractivity contribution in [2.24, 2.45) is 4.99 Å².